The van der Waals surface area contributed by atoms with Gasteiger partial charge in [0.1, 0.15) is 5.82 Å². The molecule has 34 heavy (non-hydrogen) atoms. The molecular weight excluding hydrogens is 442 g/mol. The summed E-state index contributed by atoms with van der Waals surface area (Å²) < 4.78 is 31.7. The van der Waals surface area contributed by atoms with Crippen LogP contribution < -0.4 is 15.9 Å². The van der Waals surface area contributed by atoms with Crippen LogP contribution in [-0.2, 0) is 13.6 Å². The fraction of sp³-hybridized carbons (Fsp3) is 0.542. The summed E-state index contributed by atoms with van der Waals surface area (Å²) >= 11 is 0. The number of imidazole rings is 1. The summed E-state index contributed by atoms with van der Waals surface area (Å²) in [4.78, 5) is 23.4. The predicted molar refractivity (Wildman–Crippen MR) is 129 cm³/mol. The van der Waals surface area contributed by atoms with Crippen molar-refractivity contribution in [3.63, 3.8) is 0 Å². The molecule has 4 rings (SSSR count). The molecule has 1 aliphatic rings. The molecule has 2 aromatic heterocycles. The van der Waals surface area contributed by atoms with Crippen LogP contribution in [-0.4, -0.2) is 48.8 Å². The van der Waals surface area contributed by atoms with Crippen molar-refractivity contribution in [3.05, 3.63) is 40.9 Å². The molecule has 0 radical (unpaired) electrons. The third-order valence-corrected chi connectivity index (χ3v) is 6.59. The van der Waals surface area contributed by atoms with Gasteiger partial charge in [-0.15, -0.1) is 0 Å². The molecule has 3 heterocycles. The summed E-state index contributed by atoms with van der Waals surface area (Å²) in [7, 11) is 1.72. The number of aliphatic hydroxyl groups is 1. The molecule has 8 nitrogen and oxygen atoms in total. The zero-order valence-electron chi connectivity index (χ0n) is 20.2. The molecule has 2 atom stereocenters. The standard InChI is InChI=1S/C24H32F2N6O2/c1-15-13-31(14-16(2)24(15,25)26)21-27-10-8-20(29-21)28-17-6-7-18-19(12-17)32(22(33)30(18)5)11-9-23(3,4)34/h6-8,10,12,15-16,34H,9,11,13-14H2,1-5H3,(H,27,28,29)/t15-,16+. The van der Waals surface area contributed by atoms with Crippen molar-refractivity contribution in [3.8, 4) is 0 Å². The number of nitrogens with one attached hydrogen (secondary N) is 1. The van der Waals surface area contributed by atoms with Gasteiger partial charge in [-0.25, -0.2) is 18.6 Å². The van der Waals surface area contributed by atoms with Crippen LogP contribution in [0.25, 0.3) is 11.0 Å². The third kappa shape index (κ3) is 4.64. The zero-order valence-corrected chi connectivity index (χ0v) is 20.2. The Morgan fingerprint density at radius 2 is 1.85 bits per heavy atom. The van der Waals surface area contributed by atoms with E-state index in [1.165, 1.54) is 0 Å². The van der Waals surface area contributed by atoms with Gasteiger partial charge in [-0.1, -0.05) is 13.8 Å². The van der Waals surface area contributed by atoms with E-state index in [1.54, 1.807) is 61.0 Å². The molecular formula is C24H32F2N6O2. The Kier molecular flexibility index (Phi) is 6.14. The number of halogens is 2. The number of aromatic nitrogens is 4. The van der Waals surface area contributed by atoms with E-state index in [1.807, 2.05) is 18.2 Å². The maximum atomic E-state index is 14.2. The average Bonchev–Trinajstić information content (AvgIpc) is 2.99. The van der Waals surface area contributed by atoms with E-state index in [4.69, 9.17) is 0 Å². The number of fused-ring (bicyclic) bond motifs is 1. The number of piperidine rings is 1. The fourth-order valence-electron chi connectivity index (χ4n) is 4.44. The number of nitrogens with zero attached hydrogens (tertiary/aromatic N) is 5. The summed E-state index contributed by atoms with van der Waals surface area (Å²) in [6.45, 7) is 7.29. The Balaban J connectivity index is 1.59. The van der Waals surface area contributed by atoms with Crippen molar-refractivity contribution in [1.29, 1.82) is 0 Å². The summed E-state index contributed by atoms with van der Waals surface area (Å²) in [5.41, 5.74) is 1.23. The van der Waals surface area contributed by atoms with E-state index in [0.29, 0.717) is 24.7 Å². The summed E-state index contributed by atoms with van der Waals surface area (Å²) in [5.74, 6) is -3.36. The van der Waals surface area contributed by atoms with Gasteiger partial charge in [0.2, 0.25) is 5.95 Å². The van der Waals surface area contributed by atoms with Crippen molar-refractivity contribution < 1.29 is 13.9 Å². The van der Waals surface area contributed by atoms with Gasteiger partial charge in [0.15, 0.2) is 0 Å². The first-order chi connectivity index (χ1) is 15.9. The zero-order chi connectivity index (χ0) is 24.8. The number of benzene rings is 1. The molecule has 0 spiro atoms. The van der Waals surface area contributed by atoms with Crippen molar-refractivity contribution in [1.82, 2.24) is 19.1 Å². The maximum absolute atomic E-state index is 14.2. The lowest BCUT2D eigenvalue weighted by Crippen LogP contribution is -2.52. The highest BCUT2D eigenvalue weighted by Crippen LogP contribution is 2.38. The van der Waals surface area contributed by atoms with Gasteiger partial charge in [0.05, 0.1) is 16.6 Å². The minimum absolute atomic E-state index is 0.147. The van der Waals surface area contributed by atoms with Gasteiger partial charge >= 0.3 is 5.69 Å². The Morgan fingerprint density at radius 3 is 2.50 bits per heavy atom. The molecule has 0 aliphatic carbocycles. The van der Waals surface area contributed by atoms with E-state index < -0.39 is 23.4 Å². The topological polar surface area (TPSA) is 88.2 Å². The lowest BCUT2D eigenvalue weighted by molar-refractivity contribution is -0.105. The molecule has 2 N–H and O–H groups in total. The van der Waals surface area contributed by atoms with E-state index in [9.17, 15) is 18.7 Å². The van der Waals surface area contributed by atoms with Gasteiger partial charge in [0.25, 0.3) is 5.92 Å². The quantitative estimate of drug-likeness (QED) is 0.566. The van der Waals surface area contributed by atoms with E-state index in [2.05, 4.69) is 15.3 Å². The number of hydrogen-bond donors (Lipinski definition) is 2. The number of anilines is 3. The predicted octanol–water partition coefficient (Wildman–Crippen LogP) is 3.76. The molecule has 1 fully saturated rings. The molecule has 1 aromatic carbocycles. The Morgan fingerprint density at radius 1 is 1.18 bits per heavy atom. The van der Waals surface area contributed by atoms with Gasteiger partial charge in [0, 0.05) is 50.4 Å². The highest BCUT2D eigenvalue weighted by molar-refractivity contribution is 5.81. The Hall–Kier alpha value is -3.01. The Labute approximate surface area is 197 Å². The molecule has 0 unspecified atom stereocenters. The second-order valence-electron chi connectivity index (χ2n) is 10.0. The summed E-state index contributed by atoms with van der Waals surface area (Å²) in [5, 5.41) is 13.3. The van der Waals surface area contributed by atoms with E-state index in [-0.39, 0.29) is 18.8 Å². The van der Waals surface area contributed by atoms with Gasteiger partial charge in [-0.3, -0.25) is 9.13 Å². The summed E-state index contributed by atoms with van der Waals surface area (Å²) in [6, 6.07) is 7.30. The number of alkyl halides is 2. The minimum atomic E-state index is -2.71. The molecule has 0 saturated carbocycles. The normalized spacial score (nSPS) is 20.6. The number of aryl methyl sites for hydroxylation is 2. The second-order valence-corrected chi connectivity index (χ2v) is 10.0. The third-order valence-electron chi connectivity index (χ3n) is 6.59. The first kappa shape index (κ1) is 24.1. The van der Waals surface area contributed by atoms with Crippen LogP contribution in [0.5, 0.6) is 0 Å². The monoisotopic (exact) mass is 474 g/mol. The van der Waals surface area contributed by atoms with Crippen molar-refractivity contribution >= 4 is 28.5 Å². The van der Waals surface area contributed by atoms with Crippen LogP contribution in [0.3, 0.4) is 0 Å². The second kappa shape index (κ2) is 8.65. The van der Waals surface area contributed by atoms with Gasteiger partial charge in [-0.05, 0) is 44.5 Å². The van der Waals surface area contributed by atoms with Crippen LogP contribution in [0.4, 0.5) is 26.2 Å². The fourth-order valence-corrected chi connectivity index (χ4v) is 4.44. The average molecular weight is 475 g/mol. The summed E-state index contributed by atoms with van der Waals surface area (Å²) in [6.07, 6.45) is 2.04. The molecule has 0 bridgehead atoms. The molecule has 1 saturated heterocycles. The number of rotatable bonds is 6. The van der Waals surface area contributed by atoms with Crippen molar-refractivity contribution in [2.45, 2.75) is 52.2 Å². The molecule has 3 aromatic rings. The molecule has 184 valence electrons. The van der Waals surface area contributed by atoms with Crippen molar-refractivity contribution in [2.24, 2.45) is 18.9 Å². The largest absolute Gasteiger partial charge is 0.390 e. The first-order valence-corrected chi connectivity index (χ1v) is 11.5. The van der Waals surface area contributed by atoms with Crippen LogP contribution in [0.1, 0.15) is 34.1 Å². The lowest BCUT2D eigenvalue weighted by atomic mass is 9.87. The van der Waals surface area contributed by atoms with Crippen LogP contribution in [0.2, 0.25) is 0 Å². The maximum Gasteiger partial charge on any atom is 0.328 e. The van der Waals surface area contributed by atoms with E-state index >= 15 is 0 Å². The molecule has 0 amide bonds. The highest BCUT2D eigenvalue weighted by atomic mass is 19.3. The molecule has 1 aliphatic heterocycles. The van der Waals surface area contributed by atoms with Gasteiger partial charge < -0.3 is 15.3 Å². The van der Waals surface area contributed by atoms with Crippen LogP contribution in [0, 0.1) is 11.8 Å². The SMILES string of the molecule is C[C@@H]1CN(c2nccc(Nc3ccc4c(c3)n(CCC(C)(C)O)c(=O)n4C)n2)C[C@H](C)C1(F)F. The Bertz CT molecular complexity index is 1230. The lowest BCUT2D eigenvalue weighted by Gasteiger charge is -2.41. The first-order valence-electron chi connectivity index (χ1n) is 11.5. The highest BCUT2D eigenvalue weighted by Gasteiger charge is 2.47. The van der Waals surface area contributed by atoms with Crippen LogP contribution >= 0.6 is 0 Å². The van der Waals surface area contributed by atoms with Crippen molar-refractivity contribution in [2.75, 3.05) is 23.3 Å². The van der Waals surface area contributed by atoms with Crippen LogP contribution in [0.15, 0.2) is 35.3 Å². The smallest absolute Gasteiger partial charge is 0.328 e. The van der Waals surface area contributed by atoms with Gasteiger partial charge in [-0.2, -0.15) is 4.98 Å². The minimum Gasteiger partial charge on any atom is -0.390 e. The molecule has 10 heteroatoms. The van der Waals surface area contributed by atoms with E-state index in [0.717, 1.165) is 16.7 Å². The number of hydrogen-bond acceptors (Lipinski definition) is 6.